The lowest BCUT2D eigenvalue weighted by Gasteiger charge is -2.17. The van der Waals surface area contributed by atoms with Crippen molar-refractivity contribution in [3.63, 3.8) is 0 Å². The monoisotopic (exact) mass is 361 g/mol. The number of benzene rings is 2. The quantitative estimate of drug-likeness (QED) is 0.669. The van der Waals surface area contributed by atoms with E-state index < -0.39 is 4.92 Å². The lowest BCUT2D eigenvalue weighted by Crippen LogP contribution is -2.29. The number of likely N-dealkylation sites (tertiary alicyclic amines) is 1. The van der Waals surface area contributed by atoms with Crippen LogP contribution in [0, 0.1) is 16.0 Å². The minimum atomic E-state index is -0.490. The van der Waals surface area contributed by atoms with Gasteiger partial charge in [0.2, 0.25) is 0 Å². The van der Waals surface area contributed by atoms with E-state index in [0.29, 0.717) is 25.2 Å². The molecule has 1 heterocycles. The molecule has 2 aromatic carbocycles. The van der Waals surface area contributed by atoms with Crippen LogP contribution in [0.1, 0.15) is 21.8 Å². The first-order valence-corrected chi connectivity index (χ1v) is 7.89. The standard InChI is InChI=1S/C18H19N3O3.ClH/c19-10-15-11-20(12-17(15)13-5-2-1-3-6-13)18(22)14-7-4-8-16(9-14)21(23)24;/h1-9,15,17H,10-12,19H2;1H/t15-,17+;/m1./s1. The Kier molecular flexibility index (Phi) is 6.12. The van der Waals surface area contributed by atoms with Gasteiger partial charge in [0.1, 0.15) is 0 Å². The highest BCUT2D eigenvalue weighted by Gasteiger charge is 2.35. The normalized spacial score (nSPS) is 19.3. The molecule has 132 valence electrons. The third-order valence-electron chi connectivity index (χ3n) is 4.56. The van der Waals surface area contributed by atoms with Crippen LogP contribution in [0.25, 0.3) is 0 Å². The first-order valence-electron chi connectivity index (χ1n) is 7.89. The number of carbonyl (C=O) groups excluding carboxylic acids is 1. The van der Waals surface area contributed by atoms with Crippen molar-refractivity contribution in [1.82, 2.24) is 4.90 Å². The van der Waals surface area contributed by atoms with Crippen molar-refractivity contribution in [1.29, 1.82) is 0 Å². The molecule has 2 aromatic rings. The van der Waals surface area contributed by atoms with Gasteiger partial charge in [-0.25, -0.2) is 0 Å². The van der Waals surface area contributed by atoms with Gasteiger partial charge in [0.15, 0.2) is 0 Å². The van der Waals surface area contributed by atoms with Crippen molar-refractivity contribution in [3.05, 3.63) is 75.8 Å². The topological polar surface area (TPSA) is 89.5 Å². The molecule has 1 amide bonds. The molecular weight excluding hydrogens is 342 g/mol. The fraction of sp³-hybridized carbons (Fsp3) is 0.278. The van der Waals surface area contributed by atoms with Crippen LogP contribution < -0.4 is 5.73 Å². The average molecular weight is 362 g/mol. The number of halogens is 1. The zero-order valence-electron chi connectivity index (χ0n) is 13.6. The summed E-state index contributed by atoms with van der Waals surface area (Å²) in [6.45, 7) is 1.64. The zero-order valence-corrected chi connectivity index (χ0v) is 14.4. The Morgan fingerprint density at radius 1 is 1.16 bits per heavy atom. The summed E-state index contributed by atoms with van der Waals surface area (Å²) in [6, 6.07) is 15.9. The van der Waals surface area contributed by atoms with Crippen LogP contribution in [-0.2, 0) is 0 Å². The van der Waals surface area contributed by atoms with Crippen molar-refractivity contribution in [2.24, 2.45) is 11.7 Å². The lowest BCUT2D eigenvalue weighted by molar-refractivity contribution is -0.384. The molecule has 1 fully saturated rings. The molecule has 1 saturated heterocycles. The number of amides is 1. The van der Waals surface area contributed by atoms with Crippen LogP contribution in [0.2, 0.25) is 0 Å². The van der Waals surface area contributed by atoms with Gasteiger partial charge in [0.25, 0.3) is 11.6 Å². The Bertz CT molecular complexity index is 754. The molecule has 0 aromatic heterocycles. The molecule has 0 bridgehead atoms. The maximum atomic E-state index is 12.7. The maximum absolute atomic E-state index is 12.7. The summed E-state index contributed by atoms with van der Waals surface area (Å²) in [5.74, 6) is 0.199. The molecule has 3 rings (SSSR count). The molecule has 25 heavy (non-hydrogen) atoms. The predicted molar refractivity (Wildman–Crippen MR) is 98.0 cm³/mol. The van der Waals surface area contributed by atoms with Crippen LogP contribution in [0.4, 0.5) is 5.69 Å². The van der Waals surface area contributed by atoms with Crippen LogP contribution in [-0.4, -0.2) is 35.4 Å². The average Bonchev–Trinajstić information content (AvgIpc) is 3.06. The van der Waals surface area contributed by atoms with E-state index in [4.69, 9.17) is 5.73 Å². The summed E-state index contributed by atoms with van der Waals surface area (Å²) in [5, 5.41) is 10.9. The Hall–Kier alpha value is -2.44. The number of nitro benzene ring substituents is 1. The van der Waals surface area contributed by atoms with Crippen molar-refractivity contribution in [3.8, 4) is 0 Å². The number of nitrogens with two attached hydrogens (primary N) is 1. The molecule has 2 atom stereocenters. The Balaban J connectivity index is 0.00000225. The number of non-ortho nitro benzene ring substituents is 1. The predicted octanol–water partition coefficient (Wildman–Crippen LogP) is 2.83. The van der Waals surface area contributed by atoms with Crippen molar-refractivity contribution >= 4 is 24.0 Å². The highest BCUT2D eigenvalue weighted by atomic mass is 35.5. The minimum Gasteiger partial charge on any atom is -0.338 e. The molecule has 7 heteroatoms. The van der Waals surface area contributed by atoms with Gasteiger partial charge in [-0.3, -0.25) is 14.9 Å². The first kappa shape index (κ1) is 18.9. The Labute approximate surface area is 152 Å². The molecule has 1 aliphatic rings. The van der Waals surface area contributed by atoms with Gasteiger partial charge in [0, 0.05) is 36.7 Å². The smallest absolute Gasteiger partial charge is 0.270 e. The number of nitro groups is 1. The second-order valence-corrected chi connectivity index (χ2v) is 6.03. The van der Waals surface area contributed by atoms with E-state index in [9.17, 15) is 14.9 Å². The number of carbonyl (C=O) groups is 1. The van der Waals surface area contributed by atoms with Crippen LogP contribution >= 0.6 is 12.4 Å². The Morgan fingerprint density at radius 3 is 2.52 bits per heavy atom. The van der Waals surface area contributed by atoms with E-state index in [2.05, 4.69) is 12.1 Å². The summed E-state index contributed by atoms with van der Waals surface area (Å²) >= 11 is 0. The van der Waals surface area contributed by atoms with Crippen LogP contribution in [0.5, 0.6) is 0 Å². The van der Waals surface area contributed by atoms with Crippen molar-refractivity contribution in [2.45, 2.75) is 5.92 Å². The van der Waals surface area contributed by atoms with Crippen LogP contribution in [0.15, 0.2) is 54.6 Å². The van der Waals surface area contributed by atoms with Crippen molar-refractivity contribution in [2.75, 3.05) is 19.6 Å². The number of nitrogens with zero attached hydrogens (tertiary/aromatic N) is 2. The summed E-state index contributed by atoms with van der Waals surface area (Å²) in [6.07, 6.45) is 0. The van der Waals surface area contributed by atoms with Gasteiger partial charge in [0.05, 0.1) is 4.92 Å². The highest BCUT2D eigenvalue weighted by Crippen LogP contribution is 2.33. The van der Waals surface area contributed by atoms with Crippen LogP contribution in [0.3, 0.4) is 0 Å². The third kappa shape index (κ3) is 3.97. The van der Waals surface area contributed by atoms with E-state index in [-0.39, 0.29) is 35.8 Å². The molecule has 0 aliphatic carbocycles. The zero-order chi connectivity index (χ0) is 17.1. The first-order chi connectivity index (χ1) is 11.6. The Morgan fingerprint density at radius 2 is 1.88 bits per heavy atom. The molecular formula is C18H20ClN3O3. The fourth-order valence-corrected chi connectivity index (χ4v) is 3.29. The van der Waals surface area contributed by atoms with E-state index in [1.165, 1.54) is 23.8 Å². The fourth-order valence-electron chi connectivity index (χ4n) is 3.29. The second kappa shape index (κ2) is 8.09. The SMILES string of the molecule is Cl.NC[C@@H]1CN(C(=O)c2cccc([N+](=O)[O-])c2)C[C@H]1c1ccccc1. The van der Waals surface area contributed by atoms with Crippen molar-refractivity contribution < 1.29 is 9.72 Å². The van der Waals surface area contributed by atoms with Gasteiger partial charge in [-0.2, -0.15) is 0 Å². The van der Waals surface area contributed by atoms with E-state index in [1.807, 2.05) is 18.2 Å². The number of hydrogen-bond donors (Lipinski definition) is 1. The largest absolute Gasteiger partial charge is 0.338 e. The molecule has 1 aliphatic heterocycles. The highest BCUT2D eigenvalue weighted by molar-refractivity contribution is 5.95. The summed E-state index contributed by atoms with van der Waals surface area (Å²) in [5.41, 5.74) is 7.34. The van der Waals surface area contributed by atoms with E-state index >= 15 is 0 Å². The van der Waals surface area contributed by atoms with Gasteiger partial charge < -0.3 is 10.6 Å². The number of hydrogen-bond acceptors (Lipinski definition) is 4. The third-order valence-corrected chi connectivity index (χ3v) is 4.56. The minimum absolute atomic E-state index is 0. The van der Waals surface area contributed by atoms with Gasteiger partial charge in [-0.05, 0) is 24.1 Å². The maximum Gasteiger partial charge on any atom is 0.270 e. The molecule has 0 saturated carbocycles. The van der Waals surface area contributed by atoms with Gasteiger partial charge in [-0.1, -0.05) is 36.4 Å². The lowest BCUT2D eigenvalue weighted by atomic mass is 9.89. The summed E-state index contributed by atoms with van der Waals surface area (Å²) in [7, 11) is 0. The second-order valence-electron chi connectivity index (χ2n) is 6.03. The molecule has 0 spiro atoms. The number of rotatable bonds is 4. The summed E-state index contributed by atoms with van der Waals surface area (Å²) in [4.78, 5) is 24.9. The van der Waals surface area contributed by atoms with E-state index in [0.717, 1.165) is 0 Å². The molecule has 6 nitrogen and oxygen atoms in total. The van der Waals surface area contributed by atoms with E-state index in [1.54, 1.807) is 11.0 Å². The molecule has 0 unspecified atom stereocenters. The summed E-state index contributed by atoms with van der Waals surface area (Å²) < 4.78 is 0. The van der Waals surface area contributed by atoms with Gasteiger partial charge >= 0.3 is 0 Å². The molecule has 0 radical (unpaired) electrons. The van der Waals surface area contributed by atoms with Gasteiger partial charge in [-0.15, -0.1) is 12.4 Å². The molecule has 2 N–H and O–H groups in total.